The van der Waals surface area contributed by atoms with E-state index in [-0.39, 0.29) is 11.9 Å². The van der Waals surface area contributed by atoms with Gasteiger partial charge in [0.15, 0.2) is 0 Å². The van der Waals surface area contributed by atoms with Crippen LogP contribution in [0.1, 0.15) is 142 Å². The molecule has 0 aliphatic carbocycles. The largest absolute Gasteiger partial charge is 0.444 e. The average molecular weight is 705 g/mol. The molecule has 1 aliphatic rings. The molecule has 1 atom stereocenters. The summed E-state index contributed by atoms with van der Waals surface area (Å²) >= 11 is 5.78. The second-order valence-electron chi connectivity index (χ2n) is 13.0. The van der Waals surface area contributed by atoms with E-state index in [0.29, 0.717) is 19.0 Å². The lowest BCUT2D eigenvalue weighted by atomic mass is 9.87. The Bertz CT molecular complexity index is 1150. The van der Waals surface area contributed by atoms with E-state index >= 15 is 0 Å². The molecule has 0 spiro atoms. The third-order valence-corrected chi connectivity index (χ3v) is 7.14. The van der Waals surface area contributed by atoms with E-state index in [4.69, 9.17) is 21.3 Å². The number of aryl methyl sites for hydroxylation is 1. The van der Waals surface area contributed by atoms with Gasteiger partial charge in [0.1, 0.15) is 11.4 Å². The van der Waals surface area contributed by atoms with Crippen LogP contribution in [0.15, 0.2) is 64.5 Å². The molecular formula is C42H74ClN3O3. The highest BCUT2D eigenvalue weighted by molar-refractivity contribution is 6.30. The number of aliphatic imine (C=N–C) groups is 1. The number of halogens is 1. The number of carbonyl (C=O) groups is 2. The number of hydrogen-bond donors (Lipinski definition) is 0. The van der Waals surface area contributed by atoms with Gasteiger partial charge in [-0.2, -0.15) is 0 Å². The Morgan fingerprint density at radius 3 is 1.88 bits per heavy atom. The quantitative estimate of drug-likeness (QED) is 0.190. The first-order valence-electron chi connectivity index (χ1n) is 18.5. The zero-order valence-electron chi connectivity index (χ0n) is 34.4. The number of nitrogens with zero attached hydrogens (tertiary/aromatic N) is 3. The third-order valence-electron chi connectivity index (χ3n) is 6.91. The maximum absolute atomic E-state index is 12.4. The molecule has 1 amide bonds. The molecule has 2 rings (SSSR count). The van der Waals surface area contributed by atoms with E-state index in [1.54, 1.807) is 0 Å². The van der Waals surface area contributed by atoms with Crippen LogP contribution in [-0.2, 0) is 16.0 Å². The number of piperazine rings is 1. The molecule has 282 valence electrons. The maximum atomic E-state index is 12.4. The smallest absolute Gasteiger partial charge is 0.410 e. The number of rotatable bonds is 9. The lowest BCUT2D eigenvalue weighted by Crippen LogP contribution is -2.49. The Morgan fingerprint density at radius 2 is 1.47 bits per heavy atom. The van der Waals surface area contributed by atoms with Gasteiger partial charge in [-0.05, 0) is 104 Å². The number of benzene rings is 1. The summed E-state index contributed by atoms with van der Waals surface area (Å²) in [4.78, 5) is 30.8. The first-order valence-corrected chi connectivity index (χ1v) is 18.9. The predicted octanol–water partition coefficient (Wildman–Crippen LogP) is 12.5. The minimum absolute atomic E-state index is 0.167. The van der Waals surface area contributed by atoms with Crippen LogP contribution < -0.4 is 0 Å². The summed E-state index contributed by atoms with van der Waals surface area (Å²) in [6.07, 6.45) is 11.6. The monoisotopic (exact) mass is 704 g/mol. The Kier molecular flexibility index (Phi) is 30.9. The molecule has 1 aromatic carbocycles. The van der Waals surface area contributed by atoms with Crippen LogP contribution >= 0.6 is 11.6 Å². The first kappa shape index (κ1) is 50.5. The summed E-state index contributed by atoms with van der Waals surface area (Å²) < 4.78 is 5.54. The minimum atomic E-state index is -0.464. The number of amides is 1. The van der Waals surface area contributed by atoms with E-state index < -0.39 is 5.60 Å². The molecule has 1 aliphatic heterocycles. The van der Waals surface area contributed by atoms with Gasteiger partial charge in [0.05, 0.1) is 0 Å². The normalized spacial score (nSPS) is 14.4. The van der Waals surface area contributed by atoms with E-state index in [1.165, 1.54) is 49.1 Å². The highest BCUT2D eigenvalue weighted by Crippen LogP contribution is 2.29. The van der Waals surface area contributed by atoms with Gasteiger partial charge in [-0.1, -0.05) is 104 Å². The minimum Gasteiger partial charge on any atom is -0.444 e. The highest BCUT2D eigenvalue weighted by atomic mass is 35.5. The Labute approximate surface area is 308 Å². The number of carbonyl (C=O) groups excluding carboxylic acids is 2. The number of Topliss-reactive ketones (excluding diaryl/α,β-unsaturated/α-hetero) is 1. The third kappa shape index (κ3) is 24.9. The van der Waals surface area contributed by atoms with Crippen molar-refractivity contribution in [3.63, 3.8) is 0 Å². The summed E-state index contributed by atoms with van der Waals surface area (Å²) in [6.45, 7) is 35.1. The standard InChI is InChI=1S/C25H43N3O2.C9H11Cl.C3H6O.C3H8.C2H6/c1-10-13-14-26-20(5)23(22(12-3)19(4)11-2)21(6)27-15-17-28(18-16-27)24(29)30-25(7,8)9;1-2-4-8-5-3-6-9(10)7-8;1-3(2)4;1-3-2;1-2/h12-14,19H,10-11,15-18H2,1-9H3;3,5-7H,2,4H2,1H3;1-2H3;3H2,1-2H3;1-2H3/b14-13+,22-12-,23-21-,26-20+;;;;. The Morgan fingerprint density at radius 1 is 0.959 bits per heavy atom. The van der Waals surface area contributed by atoms with Gasteiger partial charge >= 0.3 is 6.09 Å². The molecule has 0 radical (unpaired) electrons. The zero-order valence-corrected chi connectivity index (χ0v) is 35.2. The van der Waals surface area contributed by atoms with Crippen LogP contribution in [0.3, 0.4) is 0 Å². The topological polar surface area (TPSA) is 62.2 Å². The van der Waals surface area contributed by atoms with Gasteiger partial charge in [-0.15, -0.1) is 0 Å². The maximum Gasteiger partial charge on any atom is 0.410 e. The summed E-state index contributed by atoms with van der Waals surface area (Å²) in [5, 5.41) is 0.839. The van der Waals surface area contributed by atoms with Crippen LogP contribution in [0.25, 0.3) is 0 Å². The summed E-state index contributed by atoms with van der Waals surface area (Å²) in [7, 11) is 0. The number of ketones is 1. The predicted molar refractivity (Wildman–Crippen MR) is 217 cm³/mol. The molecule has 0 saturated carbocycles. The van der Waals surface area contributed by atoms with E-state index in [9.17, 15) is 9.59 Å². The molecule has 1 fully saturated rings. The van der Waals surface area contributed by atoms with Crippen molar-refractivity contribution in [3.05, 3.63) is 70.0 Å². The van der Waals surface area contributed by atoms with Gasteiger partial charge in [0.2, 0.25) is 0 Å². The van der Waals surface area contributed by atoms with Crippen molar-refractivity contribution in [3.8, 4) is 0 Å². The second-order valence-corrected chi connectivity index (χ2v) is 13.4. The fraction of sp³-hybridized carbons (Fsp3) is 0.643. The van der Waals surface area contributed by atoms with Crippen LogP contribution in [0, 0.1) is 5.92 Å². The molecule has 1 unspecified atom stereocenters. The van der Waals surface area contributed by atoms with Crippen molar-refractivity contribution in [1.82, 2.24) is 9.80 Å². The van der Waals surface area contributed by atoms with Crippen molar-refractivity contribution in [2.45, 2.75) is 148 Å². The summed E-state index contributed by atoms with van der Waals surface area (Å²) in [6, 6.07) is 8.02. The zero-order chi connectivity index (χ0) is 38.6. The lowest BCUT2D eigenvalue weighted by Gasteiger charge is -2.38. The van der Waals surface area contributed by atoms with Crippen LogP contribution in [-0.4, -0.2) is 59.2 Å². The molecule has 6 nitrogen and oxygen atoms in total. The summed E-state index contributed by atoms with van der Waals surface area (Å²) in [5.41, 5.74) is 5.72. The first-order chi connectivity index (χ1) is 23.0. The number of ether oxygens (including phenoxy) is 1. The summed E-state index contributed by atoms with van der Waals surface area (Å²) in [5.74, 6) is 0.628. The SMILES string of the molecule is CC.CC(C)=O.CCC.CCCc1cccc(Cl)c1.C\C=C(C(/C(C)=N/C=C/CC)=C(/C)N1CCN(C(=O)OC(C)(C)C)CC1)\C(C)CC. The number of hydrogen-bond acceptors (Lipinski definition) is 5. The second kappa shape index (κ2) is 30.0. The average Bonchev–Trinajstić information content (AvgIpc) is 3.04. The van der Waals surface area contributed by atoms with Crippen LogP contribution in [0.4, 0.5) is 4.79 Å². The van der Waals surface area contributed by atoms with Crippen LogP contribution in [0.5, 0.6) is 0 Å². The lowest BCUT2D eigenvalue weighted by molar-refractivity contribution is -0.115. The highest BCUT2D eigenvalue weighted by Gasteiger charge is 2.27. The molecule has 1 heterocycles. The van der Waals surface area contributed by atoms with Gasteiger partial charge in [-0.25, -0.2) is 4.79 Å². The van der Waals surface area contributed by atoms with Crippen molar-refractivity contribution in [1.29, 1.82) is 0 Å². The van der Waals surface area contributed by atoms with Crippen molar-refractivity contribution in [2.75, 3.05) is 26.2 Å². The molecule has 0 N–H and O–H groups in total. The van der Waals surface area contributed by atoms with Gasteiger partial charge in [0.25, 0.3) is 0 Å². The van der Waals surface area contributed by atoms with Crippen molar-refractivity contribution < 1.29 is 14.3 Å². The fourth-order valence-corrected chi connectivity index (χ4v) is 4.81. The Hall–Kier alpha value is -2.86. The van der Waals surface area contributed by atoms with Crippen LogP contribution in [0.2, 0.25) is 5.02 Å². The number of allylic oxidation sites excluding steroid dienone is 5. The Balaban J connectivity index is -0.000000905. The van der Waals surface area contributed by atoms with Gasteiger partial charge in [-0.3, -0.25) is 4.99 Å². The molecule has 0 bridgehead atoms. The van der Waals surface area contributed by atoms with E-state index in [2.05, 4.69) is 85.4 Å². The van der Waals surface area contributed by atoms with Gasteiger partial charge < -0.3 is 19.3 Å². The van der Waals surface area contributed by atoms with Gasteiger partial charge in [0, 0.05) is 54.4 Å². The molecule has 7 heteroatoms. The molecule has 49 heavy (non-hydrogen) atoms. The van der Waals surface area contributed by atoms with E-state index in [0.717, 1.165) is 43.1 Å². The van der Waals surface area contributed by atoms with Crippen molar-refractivity contribution in [2.24, 2.45) is 10.9 Å². The molecule has 1 aromatic rings. The molecule has 1 saturated heterocycles. The molecular weight excluding hydrogens is 630 g/mol. The van der Waals surface area contributed by atoms with E-state index in [1.807, 2.05) is 63.9 Å². The molecule has 0 aromatic heterocycles. The van der Waals surface area contributed by atoms with Crippen molar-refractivity contribution >= 4 is 29.2 Å². The fourth-order valence-electron chi connectivity index (χ4n) is 4.60.